The van der Waals surface area contributed by atoms with Gasteiger partial charge >= 0.3 is 0 Å². The first-order chi connectivity index (χ1) is 12.7. The van der Waals surface area contributed by atoms with Gasteiger partial charge in [0, 0.05) is 13.0 Å². The van der Waals surface area contributed by atoms with Crippen molar-refractivity contribution in [3.63, 3.8) is 0 Å². The molecule has 0 amide bonds. The Balaban J connectivity index is 1.80. The zero-order chi connectivity index (χ0) is 18.8. The van der Waals surface area contributed by atoms with Gasteiger partial charge in [-0.3, -0.25) is 0 Å². The molecule has 0 aliphatic rings. The molecular formula is C23H38N2O. The number of aliphatic hydroxyl groups is 1. The molecule has 0 radical (unpaired) electrons. The molecule has 0 saturated carbocycles. The number of hydrogen-bond donors (Lipinski definition) is 1. The van der Waals surface area contributed by atoms with Gasteiger partial charge in [0.25, 0.3) is 0 Å². The molecule has 2 aromatic rings. The maximum absolute atomic E-state index is 9.37. The summed E-state index contributed by atoms with van der Waals surface area (Å²) in [6.45, 7) is 7.77. The molecule has 1 heterocycles. The zero-order valence-corrected chi connectivity index (χ0v) is 17.2. The van der Waals surface area contributed by atoms with Crippen molar-refractivity contribution >= 4 is 11.0 Å². The first-order valence-corrected chi connectivity index (χ1v) is 10.7. The smallest absolute Gasteiger partial charge is 0.112 e. The number of hydrogen-bond acceptors (Lipinski definition) is 2. The van der Waals surface area contributed by atoms with Crippen molar-refractivity contribution in [1.82, 2.24) is 9.55 Å². The lowest BCUT2D eigenvalue weighted by atomic mass is 10.1. The molecule has 0 spiro atoms. The minimum Gasteiger partial charge on any atom is -0.396 e. The number of aromatic nitrogens is 2. The van der Waals surface area contributed by atoms with Crippen LogP contribution in [0.25, 0.3) is 11.0 Å². The fraction of sp³-hybridized carbons (Fsp3) is 0.696. The molecule has 1 aromatic heterocycles. The van der Waals surface area contributed by atoms with Gasteiger partial charge in [0.2, 0.25) is 0 Å². The van der Waals surface area contributed by atoms with E-state index in [4.69, 9.17) is 4.98 Å². The highest BCUT2D eigenvalue weighted by atomic mass is 16.3. The largest absolute Gasteiger partial charge is 0.396 e. The molecule has 1 N–H and O–H groups in total. The van der Waals surface area contributed by atoms with Crippen LogP contribution in [0, 0.1) is 13.8 Å². The average molecular weight is 359 g/mol. The molecule has 3 heteroatoms. The van der Waals surface area contributed by atoms with Gasteiger partial charge in [-0.2, -0.15) is 0 Å². The second-order valence-corrected chi connectivity index (χ2v) is 7.76. The van der Waals surface area contributed by atoms with E-state index in [9.17, 15) is 5.11 Å². The summed E-state index contributed by atoms with van der Waals surface area (Å²) in [6.07, 6.45) is 14.2. The van der Waals surface area contributed by atoms with Gasteiger partial charge in [-0.15, -0.1) is 0 Å². The second kappa shape index (κ2) is 11.4. The molecule has 0 aliphatic heterocycles. The lowest BCUT2D eigenvalue weighted by Gasteiger charge is -2.09. The highest BCUT2D eigenvalue weighted by Crippen LogP contribution is 2.22. The number of aliphatic hydroxyl groups excluding tert-OH is 1. The standard InChI is InChI=1S/C23H38N2O/c1-4-5-6-7-8-9-10-11-12-13-15-25-22-18-20(3)19(2)17-21(22)24-23(25)14-16-26/h17-18,26H,4-16H2,1-3H3. The number of imidazole rings is 1. The molecule has 0 saturated heterocycles. The van der Waals surface area contributed by atoms with E-state index in [0.29, 0.717) is 6.42 Å². The van der Waals surface area contributed by atoms with Crippen molar-refractivity contribution < 1.29 is 5.11 Å². The van der Waals surface area contributed by atoms with Crippen LogP contribution < -0.4 is 0 Å². The maximum Gasteiger partial charge on any atom is 0.112 e. The number of aryl methyl sites for hydroxylation is 3. The van der Waals surface area contributed by atoms with E-state index >= 15 is 0 Å². The molecule has 0 aliphatic carbocycles. The van der Waals surface area contributed by atoms with Crippen LogP contribution in [0.2, 0.25) is 0 Å². The summed E-state index contributed by atoms with van der Waals surface area (Å²) in [7, 11) is 0. The van der Waals surface area contributed by atoms with E-state index in [1.54, 1.807) is 0 Å². The Kier molecular flexibility index (Phi) is 9.17. The van der Waals surface area contributed by atoms with E-state index < -0.39 is 0 Å². The van der Waals surface area contributed by atoms with Crippen molar-refractivity contribution in [3.8, 4) is 0 Å². The number of rotatable bonds is 13. The third-order valence-electron chi connectivity index (χ3n) is 5.51. The summed E-state index contributed by atoms with van der Waals surface area (Å²) in [6, 6.07) is 4.44. The van der Waals surface area contributed by atoms with Crippen LogP contribution in [0.15, 0.2) is 12.1 Å². The van der Waals surface area contributed by atoms with Gasteiger partial charge in [-0.05, 0) is 43.5 Å². The third kappa shape index (κ3) is 6.12. The lowest BCUT2D eigenvalue weighted by Crippen LogP contribution is -2.06. The summed E-state index contributed by atoms with van der Waals surface area (Å²) >= 11 is 0. The van der Waals surface area contributed by atoms with Crippen molar-refractivity contribution in [1.29, 1.82) is 0 Å². The van der Waals surface area contributed by atoms with E-state index in [1.165, 1.54) is 80.9 Å². The molecular weight excluding hydrogens is 320 g/mol. The minimum atomic E-state index is 0.166. The van der Waals surface area contributed by atoms with E-state index in [1.807, 2.05) is 0 Å². The van der Waals surface area contributed by atoms with Crippen LogP contribution >= 0.6 is 0 Å². The van der Waals surface area contributed by atoms with Gasteiger partial charge in [0.1, 0.15) is 5.82 Å². The molecule has 0 fully saturated rings. The Morgan fingerprint density at radius 1 is 0.846 bits per heavy atom. The van der Waals surface area contributed by atoms with Crippen LogP contribution in [-0.4, -0.2) is 21.3 Å². The first kappa shape index (κ1) is 21.0. The highest BCUT2D eigenvalue weighted by Gasteiger charge is 2.11. The van der Waals surface area contributed by atoms with Gasteiger partial charge < -0.3 is 9.67 Å². The Bertz CT molecular complexity index is 660. The molecule has 0 unspecified atom stereocenters. The predicted molar refractivity (Wildman–Crippen MR) is 112 cm³/mol. The quantitative estimate of drug-likeness (QED) is 0.439. The second-order valence-electron chi connectivity index (χ2n) is 7.76. The molecule has 146 valence electrons. The number of nitrogens with zero attached hydrogens (tertiary/aromatic N) is 2. The Hall–Kier alpha value is -1.35. The molecule has 26 heavy (non-hydrogen) atoms. The van der Waals surface area contributed by atoms with Crippen molar-refractivity contribution in [2.75, 3.05) is 6.61 Å². The van der Waals surface area contributed by atoms with E-state index in [-0.39, 0.29) is 6.61 Å². The van der Waals surface area contributed by atoms with E-state index in [0.717, 1.165) is 17.9 Å². The third-order valence-corrected chi connectivity index (χ3v) is 5.51. The fourth-order valence-corrected chi connectivity index (χ4v) is 3.73. The van der Waals surface area contributed by atoms with E-state index in [2.05, 4.69) is 37.5 Å². The minimum absolute atomic E-state index is 0.166. The molecule has 0 atom stereocenters. The molecule has 3 nitrogen and oxygen atoms in total. The van der Waals surface area contributed by atoms with Gasteiger partial charge in [0.15, 0.2) is 0 Å². The van der Waals surface area contributed by atoms with Gasteiger partial charge in [-0.1, -0.05) is 64.7 Å². The molecule has 0 bridgehead atoms. The summed E-state index contributed by atoms with van der Waals surface area (Å²) in [5.41, 5.74) is 4.91. The first-order valence-electron chi connectivity index (χ1n) is 10.7. The van der Waals surface area contributed by atoms with Crippen molar-refractivity contribution in [3.05, 3.63) is 29.1 Å². The van der Waals surface area contributed by atoms with Gasteiger partial charge in [-0.25, -0.2) is 4.98 Å². The van der Waals surface area contributed by atoms with Crippen LogP contribution in [0.4, 0.5) is 0 Å². The van der Waals surface area contributed by atoms with Crippen LogP contribution in [-0.2, 0) is 13.0 Å². The maximum atomic E-state index is 9.37. The number of fused-ring (bicyclic) bond motifs is 1. The SMILES string of the molecule is CCCCCCCCCCCCn1c(CCO)nc2cc(C)c(C)cc21. The fourth-order valence-electron chi connectivity index (χ4n) is 3.73. The topological polar surface area (TPSA) is 38.0 Å². The monoisotopic (exact) mass is 358 g/mol. The molecule has 1 aromatic carbocycles. The average Bonchev–Trinajstić information content (AvgIpc) is 2.94. The summed E-state index contributed by atoms with van der Waals surface area (Å²) in [5, 5.41) is 9.37. The Morgan fingerprint density at radius 2 is 1.42 bits per heavy atom. The lowest BCUT2D eigenvalue weighted by molar-refractivity contribution is 0.294. The predicted octanol–water partition coefficient (Wildman–Crippen LogP) is 6.11. The Morgan fingerprint density at radius 3 is 2.04 bits per heavy atom. The summed E-state index contributed by atoms with van der Waals surface area (Å²) in [4.78, 5) is 4.77. The Labute approximate surface area is 159 Å². The van der Waals surface area contributed by atoms with Crippen LogP contribution in [0.5, 0.6) is 0 Å². The summed E-state index contributed by atoms with van der Waals surface area (Å²) in [5.74, 6) is 1.03. The molecule has 2 rings (SSSR count). The van der Waals surface area contributed by atoms with Gasteiger partial charge in [0.05, 0.1) is 17.6 Å². The number of unbranched alkanes of at least 4 members (excludes halogenated alkanes) is 9. The van der Waals surface area contributed by atoms with Crippen LogP contribution in [0.3, 0.4) is 0 Å². The number of benzene rings is 1. The highest BCUT2D eigenvalue weighted by molar-refractivity contribution is 5.78. The van der Waals surface area contributed by atoms with Crippen LogP contribution in [0.1, 0.15) is 88.1 Å². The van der Waals surface area contributed by atoms with Crippen molar-refractivity contribution in [2.24, 2.45) is 0 Å². The normalized spacial score (nSPS) is 11.5. The zero-order valence-electron chi connectivity index (χ0n) is 17.2. The summed E-state index contributed by atoms with van der Waals surface area (Å²) < 4.78 is 2.34. The van der Waals surface area contributed by atoms with Crippen molar-refractivity contribution in [2.45, 2.75) is 97.9 Å².